The van der Waals surface area contributed by atoms with Gasteiger partial charge in [0.05, 0.1) is 6.33 Å². The van der Waals surface area contributed by atoms with Crippen LogP contribution in [-0.4, -0.2) is 16.1 Å². The minimum Gasteiger partial charge on any atom is -0.336 e. The van der Waals surface area contributed by atoms with Crippen molar-refractivity contribution >= 4 is 0 Å². The Morgan fingerprint density at radius 1 is 1.20 bits per heavy atom. The van der Waals surface area contributed by atoms with Crippen LogP contribution < -0.4 is 5.32 Å². The van der Waals surface area contributed by atoms with Crippen molar-refractivity contribution in [3.63, 3.8) is 0 Å². The van der Waals surface area contributed by atoms with E-state index in [1.807, 2.05) is 18.7 Å². The third kappa shape index (κ3) is 3.94. The summed E-state index contributed by atoms with van der Waals surface area (Å²) in [5.74, 6) is 0. The van der Waals surface area contributed by atoms with E-state index in [4.69, 9.17) is 0 Å². The molecule has 1 heterocycles. The lowest BCUT2D eigenvalue weighted by Gasteiger charge is -2.20. The Kier molecular flexibility index (Phi) is 4.61. The van der Waals surface area contributed by atoms with E-state index in [1.165, 1.54) is 11.1 Å². The number of benzene rings is 1. The van der Waals surface area contributed by atoms with Crippen molar-refractivity contribution in [1.29, 1.82) is 0 Å². The molecule has 0 radical (unpaired) electrons. The number of nitrogens with zero attached hydrogens (tertiary/aromatic N) is 2. The van der Waals surface area contributed by atoms with Gasteiger partial charge in [-0.3, -0.25) is 0 Å². The van der Waals surface area contributed by atoms with Gasteiger partial charge in [0.1, 0.15) is 0 Å². The van der Waals surface area contributed by atoms with Gasteiger partial charge in [0.15, 0.2) is 0 Å². The molecule has 1 N–H and O–H groups in total. The van der Waals surface area contributed by atoms with Crippen LogP contribution in [0.3, 0.4) is 0 Å². The third-order valence-corrected chi connectivity index (χ3v) is 3.66. The molecule has 0 amide bonds. The number of hydrogen-bond donors (Lipinski definition) is 1. The summed E-state index contributed by atoms with van der Waals surface area (Å²) in [4.78, 5) is 4.05. The summed E-state index contributed by atoms with van der Waals surface area (Å²) in [5, 5.41) is 3.55. The largest absolute Gasteiger partial charge is 0.336 e. The van der Waals surface area contributed by atoms with Gasteiger partial charge < -0.3 is 9.88 Å². The molecular formula is C17H25N3. The van der Waals surface area contributed by atoms with E-state index >= 15 is 0 Å². The molecule has 1 aromatic heterocycles. The van der Waals surface area contributed by atoms with Gasteiger partial charge in [-0.05, 0) is 23.5 Å². The molecule has 0 saturated carbocycles. The van der Waals surface area contributed by atoms with E-state index in [0.717, 1.165) is 13.1 Å². The molecule has 0 aliphatic rings. The van der Waals surface area contributed by atoms with Crippen LogP contribution in [0.1, 0.15) is 44.9 Å². The lowest BCUT2D eigenvalue weighted by Crippen LogP contribution is -2.23. The zero-order chi connectivity index (χ0) is 14.6. The van der Waals surface area contributed by atoms with Crippen molar-refractivity contribution in [2.45, 2.75) is 45.7 Å². The highest BCUT2D eigenvalue weighted by Crippen LogP contribution is 2.23. The molecule has 0 spiro atoms. The first-order valence-electron chi connectivity index (χ1n) is 7.26. The predicted octanol–water partition coefficient (Wildman–Crippen LogP) is 3.53. The molecule has 20 heavy (non-hydrogen) atoms. The maximum Gasteiger partial charge on any atom is 0.0946 e. The summed E-state index contributed by atoms with van der Waals surface area (Å²) in [7, 11) is 0. The van der Waals surface area contributed by atoms with Crippen LogP contribution in [0.15, 0.2) is 43.0 Å². The molecule has 108 valence electrons. The fourth-order valence-electron chi connectivity index (χ4n) is 2.22. The Morgan fingerprint density at radius 2 is 1.90 bits per heavy atom. The van der Waals surface area contributed by atoms with Crippen molar-refractivity contribution in [3.8, 4) is 0 Å². The summed E-state index contributed by atoms with van der Waals surface area (Å²) in [6.07, 6.45) is 5.66. The average molecular weight is 271 g/mol. The highest BCUT2D eigenvalue weighted by atomic mass is 15.0. The first-order valence-corrected chi connectivity index (χ1v) is 7.26. The van der Waals surface area contributed by atoms with Crippen molar-refractivity contribution in [3.05, 3.63) is 54.1 Å². The Hall–Kier alpha value is -1.61. The van der Waals surface area contributed by atoms with Crippen LogP contribution in [0.2, 0.25) is 0 Å². The normalized spacial score (nSPS) is 13.4. The Bertz CT molecular complexity index is 506. The SMILES string of the molecule is CC(NCCn1ccnc1)c1ccc(C(C)(C)C)cc1. The summed E-state index contributed by atoms with van der Waals surface area (Å²) in [5.41, 5.74) is 2.94. The molecule has 1 unspecified atom stereocenters. The lowest BCUT2D eigenvalue weighted by molar-refractivity contribution is 0.530. The molecular weight excluding hydrogens is 246 g/mol. The first kappa shape index (κ1) is 14.8. The van der Waals surface area contributed by atoms with Gasteiger partial charge in [-0.15, -0.1) is 0 Å². The van der Waals surface area contributed by atoms with E-state index in [1.54, 1.807) is 0 Å². The standard InChI is InChI=1S/C17H25N3/c1-14(19-10-12-20-11-9-18-13-20)15-5-7-16(8-6-15)17(2,3)4/h5-9,11,13-14,19H,10,12H2,1-4H3. The Morgan fingerprint density at radius 3 is 2.45 bits per heavy atom. The zero-order valence-corrected chi connectivity index (χ0v) is 12.9. The molecule has 0 bridgehead atoms. The summed E-state index contributed by atoms with van der Waals surface area (Å²) in [6.45, 7) is 10.8. The second-order valence-corrected chi connectivity index (χ2v) is 6.35. The van der Waals surface area contributed by atoms with Gasteiger partial charge in [0.2, 0.25) is 0 Å². The molecule has 0 fully saturated rings. The van der Waals surface area contributed by atoms with Gasteiger partial charge in [0, 0.05) is 31.5 Å². The van der Waals surface area contributed by atoms with Crippen LogP contribution in [0.25, 0.3) is 0 Å². The smallest absolute Gasteiger partial charge is 0.0946 e. The van der Waals surface area contributed by atoms with Crippen molar-refractivity contribution in [2.75, 3.05) is 6.54 Å². The topological polar surface area (TPSA) is 29.9 Å². The van der Waals surface area contributed by atoms with E-state index < -0.39 is 0 Å². The maximum atomic E-state index is 4.05. The van der Waals surface area contributed by atoms with Crippen LogP contribution in [0.4, 0.5) is 0 Å². The van der Waals surface area contributed by atoms with Crippen molar-refractivity contribution in [2.24, 2.45) is 0 Å². The average Bonchev–Trinajstić information content (AvgIpc) is 2.91. The molecule has 3 heteroatoms. The monoisotopic (exact) mass is 271 g/mol. The quantitative estimate of drug-likeness (QED) is 0.901. The maximum absolute atomic E-state index is 4.05. The summed E-state index contributed by atoms with van der Waals surface area (Å²) in [6, 6.07) is 9.31. The minimum atomic E-state index is 0.219. The molecule has 0 aliphatic heterocycles. The van der Waals surface area contributed by atoms with Crippen molar-refractivity contribution in [1.82, 2.24) is 14.9 Å². The molecule has 2 aromatic rings. The first-order chi connectivity index (χ1) is 9.47. The van der Waals surface area contributed by atoms with E-state index in [-0.39, 0.29) is 5.41 Å². The predicted molar refractivity (Wildman–Crippen MR) is 83.8 cm³/mol. The number of hydrogen-bond acceptors (Lipinski definition) is 2. The Labute approximate surface area is 122 Å². The van der Waals surface area contributed by atoms with Crippen LogP contribution >= 0.6 is 0 Å². The van der Waals surface area contributed by atoms with Gasteiger partial charge in [-0.25, -0.2) is 4.98 Å². The highest BCUT2D eigenvalue weighted by molar-refractivity contribution is 5.28. The molecule has 1 atom stereocenters. The highest BCUT2D eigenvalue weighted by Gasteiger charge is 2.13. The molecule has 3 nitrogen and oxygen atoms in total. The van der Waals surface area contributed by atoms with Gasteiger partial charge in [0.25, 0.3) is 0 Å². The number of aromatic nitrogens is 2. The van der Waals surface area contributed by atoms with E-state index in [2.05, 4.69) is 66.8 Å². The number of imidazole rings is 1. The molecule has 0 aliphatic carbocycles. The summed E-state index contributed by atoms with van der Waals surface area (Å²) < 4.78 is 2.09. The number of nitrogens with one attached hydrogen (secondary N) is 1. The van der Waals surface area contributed by atoms with E-state index in [9.17, 15) is 0 Å². The minimum absolute atomic E-state index is 0.219. The fourth-order valence-corrected chi connectivity index (χ4v) is 2.22. The Balaban J connectivity index is 1.87. The third-order valence-electron chi connectivity index (χ3n) is 3.66. The van der Waals surface area contributed by atoms with Crippen molar-refractivity contribution < 1.29 is 0 Å². The molecule has 0 saturated heterocycles. The van der Waals surface area contributed by atoms with Gasteiger partial charge >= 0.3 is 0 Å². The van der Waals surface area contributed by atoms with Crippen LogP contribution in [-0.2, 0) is 12.0 Å². The van der Waals surface area contributed by atoms with Crippen LogP contribution in [0.5, 0.6) is 0 Å². The second-order valence-electron chi connectivity index (χ2n) is 6.35. The van der Waals surface area contributed by atoms with Gasteiger partial charge in [-0.1, -0.05) is 45.0 Å². The molecule has 1 aromatic carbocycles. The summed E-state index contributed by atoms with van der Waals surface area (Å²) >= 11 is 0. The van der Waals surface area contributed by atoms with Crippen LogP contribution in [0, 0.1) is 0 Å². The lowest BCUT2D eigenvalue weighted by atomic mass is 9.86. The zero-order valence-electron chi connectivity index (χ0n) is 12.9. The van der Waals surface area contributed by atoms with Gasteiger partial charge in [-0.2, -0.15) is 0 Å². The molecule has 2 rings (SSSR count). The second kappa shape index (κ2) is 6.23. The van der Waals surface area contributed by atoms with E-state index in [0.29, 0.717) is 6.04 Å². The number of rotatable bonds is 5. The fraction of sp³-hybridized carbons (Fsp3) is 0.471.